The third-order valence-electron chi connectivity index (χ3n) is 3.99. The fraction of sp³-hybridized carbons (Fsp3) is 0.353. The van der Waals surface area contributed by atoms with Crippen LogP contribution in [0.5, 0.6) is 0 Å². The molecule has 9 heteroatoms. The first-order chi connectivity index (χ1) is 12.3. The van der Waals surface area contributed by atoms with Crippen molar-refractivity contribution in [3.8, 4) is 6.07 Å². The Labute approximate surface area is 160 Å². The van der Waals surface area contributed by atoms with E-state index in [-0.39, 0.29) is 24.5 Å². The van der Waals surface area contributed by atoms with Crippen LogP contribution < -0.4 is 16.1 Å². The van der Waals surface area contributed by atoms with E-state index in [4.69, 9.17) is 23.2 Å². The summed E-state index contributed by atoms with van der Waals surface area (Å²) in [6, 6.07) is 6.99. The van der Waals surface area contributed by atoms with Gasteiger partial charge in [0.05, 0.1) is 10.0 Å². The van der Waals surface area contributed by atoms with Gasteiger partial charge in [0, 0.05) is 33.8 Å². The summed E-state index contributed by atoms with van der Waals surface area (Å²) in [6.45, 7) is 0.552. The van der Waals surface area contributed by atoms with Crippen molar-refractivity contribution in [3.05, 3.63) is 60.2 Å². The van der Waals surface area contributed by atoms with Gasteiger partial charge in [-0.3, -0.25) is 13.9 Å². The summed E-state index contributed by atoms with van der Waals surface area (Å²) in [7, 11) is 2.82. The molecule has 1 aromatic carbocycles. The first kappa shape index (κ1) is 20.0. The van der Waals surface area contributed by atoms with Crippen molar-refractivity contribution in [2.75, 3.05) is 18.1 Å². The maximum atomic E-state index is 12.3. The van der Waals surface area contributed by atoms with Gasteiger partial charge in [-0.15, -0.1) is 0 Å². The quantitative estimate of drug-likeness (QED) is 0.801. The largest absolute Gasteiger partial charge is 0.396 e. The van der Waals surface area contributed by atoms with E-state index in [1.165, 1.54) is 18.7 Å². The number of nitrogens with zero attached hydrogens (tertiary/aromatic N) is 4. The van der Waals surface area contributed by atoms with Gasteiger partial charge in [0.1, 0.15) is 11.9 Å². The summed E-state index contributed by atoms with van der Waals surface area (Å²) in [6.07, 6.45) is 0.398. The number of nitriles is 1. The second kappa shape index (κ2) is 8.41. The van der Waals surface area contributed by atoms with Crippen LogP contribution in [0, 0.1) is 11.3 Å². The highest BCUT2D eigenvalue weighted by atomic mass is 35.5. The van der Waals surface area contributed by atoms with E-state index < -0.39 is 11.2 Å². The molecule has 1 N–H and O–H groups in total. The molecule has 1 aromatic heterocycles. The standard InChI is InChI=1S/C17H18Cl2N4O3/c1-21-15(12(9-20)16(25)22(2)17(21)26)23(6-3-7-24)10-11-4-5-13(18)14(19)8-11/h4-5,8,24H,3,6-7,10H2,1-2H3. The molecule has 0 atom stereocenters. The van der Waals surface area contributed by atoms with Crippen molar-refractivity contribution < 1.29 is 5.11 Å². The number of benzene rings is 1. The van der Waals surface area contributed by atoms with Crippen molar-refractivity contribution in [1.82, 2.24) is 9.13 Å². The molecule has 1 heterocycles. The van der Waals surface area contributed by atoms with Gasteiger partial charge in [-0.2, -0.15) is 5.26 Å². The number of anilines is 1. The first-order valence-corrected chi connectivity index (χ1v) is 8.57. The van der Waals surface area contributed by atoms with Crippen LogP contribution in [0.15, 0.2) is 27.8 Å². The van der Waals surface area contributed by atoms with Gasteiger partial charge < -0.3 is 10.0 Å². The van der Waals surface area contributed by atoms with E-state index >= 15 is 0 Å². The minimum atomic E-state index is -0.659. The monoisotopic (exact) mass is 396 g/mol. The molecule has 0 unspecified atom stereocenters. The van der Waals surface area contributed by atoms with E-state index in [9.17, 15) is 20.0 Å². The summed E-state index contributed by atoms with van der Waals surface area (Å²) in [4.78, 5) is 26.4. The van der Waals surface area contributed by atoms with Crippen molar-refractivity contribution >= 4 is 29.0 Å². The van der Waals surface area contributed by atoms with Crippen molar-refractivity contribution in [3.63, 3.8) is 0 Å². The van der Waals surface area contributed by atoms with E-state index in [0.29, 0.717) is 23.0 Å². The zero-order chi connectivity index (χ0) is 19.4. The maximum Gasteiger partial charge on any atom is 0.332 e. The van der Waals surface area contributed by atoms with E-state index in [1.807, 2.05) is 6.07 Å². The normalized spacial score (nSPS) is 10.6. The Hall–Kier alpha value is -2.27. The Balaban J connectivity index is 2.60. The summed E-state index contributed by atoms with van der Waals surface area (Å²) < 4.78 is 2.15. The Kier molecular flexibility index (Phi) is 6.48. The molecule has 0 radical (unpaired) electrons. The lowest BCUT2D eigenvalue weighted by molar-refractivity contribution is 0.289. The molecule has 0 aliphatic heterocycles. The Morgan fingerprint density at radius 2 is 1.88 bits per heavy atom. The molecule has 0 aliphatic carbocycles. The lowest BCUT2D eigenvalue weighted by Gasteiger charge is -2.27. The van der Waals surface area contributed by atoms with Crippen LogP contribution in [-0.4, -0.2) is 27.4 Å². The molecule has 0 spiro atoms. The highest BCUT2D eigenvalue weighted by Crippen LogP contribution is 2.25. The molecule has 0 amide bonds. The van der Waals surface area contributed by atoms with Crippen LogP contribution in [0.4, 0.5) is 5.82 Å². The number of rotatable bonds is 6. The molecule has 0 aliphatic rings. The fourth-order valence-corrected chi connectivity index (χ4v) is 3.00. The Morgan fingerprint density at radius 3 is 2.46 bits per heavy atom. The second-order valence-corrected chi connectivity index (χ2v) is 6.58. The summed E-state index contributed by atoms with van der Waals surface area (Å²) in [5.74, 6) is 0.208. The topological polar surface area (TPSA) is 91.3 Å². The molecule has 0 bridgehead atoms. The third-order valence-corrected chi connectivity index (χ3v) is 4.73. The average molecular weight is 397 g/mol. The van der Waals surface area contributed by atoms with Crippen molar-refractivity contribution in [2.45, 2.75) is 13.0 Å². The number of halogens is 2. The van der Waals surface area contributed by atoms with Crippen LogP contribution >= 0.6 is 23.2 Å². The minimum Gasteiger partial charge on any atom is -0.396 e. The zero-order valence-electron chi connectivity index (χ0n) is 14.4. The summed E-state index contributed by atoms with van der Waals surface area (Å²) in [5, 5.41) is 19.5. The number of hydrogen-bond acceptors (Lipinski definition) is 5. The highest BCUT2D eigenvalue weighted by Gasteiger charge is 2.21. The summed E-state index contributed by atoms with van der Waals surface area (Å²) in [5.41, 5.74) is -0.539. The van der Waals surface area contributed by atoms with Crippen LogP contribution in [-0.2, 0) is 20.6 Å². The van der Waals surface area contributed by atoms with Gasteiger partial charge in [0.15, 0.2) is 5.56 Å². The fourth-order valence-electron chi connectivity index (χ4n) is 2.68. The SMILES string of the molecule is Cn1c(N(CCCO)Cc2ccc(Cl)c(Cl)c2)c(C#N)c(=O)n(C)c1=O. The number of aliphatic hydroxyl groups excluding tert-OH is 1. The lowest BCUT2D eigenvalue weighted by Crippen LogP contribution is -2.42. The number of hydrogen-bond donors (Lipinski definition) is 1. The predicted molar refractivity (Wildman–Crippen MR) is 101 cm³/mol. The van der Waals surface area contributed by atoms with Gasteiger partial charge >= 0.3 is 5.69 Å². The van der Waals surface area contributed by atoms with Gasteiger partial charge in [0.25, 0.3) is 5.56 Å². The van der Waals surface area contributed by atoms with E-state index in [1.54, 1.807) is 23.1 Å². The van der Waals surface area contributed by atoms with Crippen LogP contribution in [0.25, 0.3) is 0 Å². The van der Waals surface area contributed by atoms with E-state index in [0.717, 1.165) is 10.1 Å². The predicted octanol–water partition coefficient (Wildman–Crippen LogP) is 1.65. The van der Waals surface area contributed by atoms with Crippen molar-refractivity contribution in [2.24, 2.45) is 14.1 Å². The maximum absolute atomic E-state index is 12.3. The molecule has 0 saturated heterocycles. The van der Waals surface area contributed by atoms with Crippen LogP contribution in [0.1, 0.15) is 17.5 Å². The molecular weight excluding hydrogens is 379 g/mol. The Bertz CT molecular complexity index is 976. The van der Waals surface area contributed by atoms with Crippen LogP contribution in [0.3, 0.4) is 0 Å². The smallest absolute Gasteiger partial charge is 0.332 e. The molecule has 0 saturated carbocycles. The molecule has 0 fully saturated rings. The van der Waals surface area contributed by atoms with Crippen molar-refractivity contribution in [1.29, 1.82) is 5.26 Å². The zero-order valence-corrected chi connectivity index (χ0v) is 15.9. The average Bonchev–Trinajstić information content (AvgIpc) is 2.63. The van der Waals surface area contributed by atoms with Gasteiger partial charge in [0.2, 0.25) is 0 Å². The van der Waals surface area contributed by atoms with Gasteiger partial charge in [-0.05, 0) is 24.1 Å². The molecule has 2 aromatic rings. The third kappa shape index (κ3) is 3.93. The van der Waals surface area contributed by atoms with E-state index in [2.05, 4.69) is 0 Å². The van der Waals surface area contributed by atoms with Gasteiger partial charge in [-0.25, -0.2) is 4.79 Å². The van der Waals surface area contributed by atoms with Crippen LogP contribution in [0.2, 0.25) is 10.0 Å². The summed E-state index contributed by atoms with van der Waals surface area (Å²) >= 11 is 12.0. The van der Waals surface area contributed by atoms with Gasteiger partial charge in [-0.1, -0.05) is 29.3 Å². The number of aliphatic hydroxyl groups is 1. The highest BCUT2D eigenvalue weighted by molar-refractivity contribution is 6.42. The minimum absolute atomic E-state index is 0.0709. The first-order valence-electron chi connectivity index (χ1n) is 7.81. The molecule has 26 heavy (non-hydrogen) atoms. The number of aromatic nitrogens is 2. The second-order valence-electron chi connectivity index (χ2n) is 5.76. The lowest BCUT2D eigenvalue weighted by atomic mass is 10.2. The molecule has 138 valence electrons. The molecule has 7 nitrogen and oxygen atoms in total. The molecule has 2 rings (SSSR count). The Morgan fingerprint density at radius 1 is 1.19 bits per heavy atom. The molecular formula is C17H18Cl2N4O3.